The third kappa shape index (κ3) is 3.23. The molecular formula is C25H24N2O. The Labute approximate surface area is 164 Å². The first kappa shape index (κ1) is 17.2. The average molecular weight is 368 g/mol. The van der Waals surface area contributed by atoms with Crippen LogP contribution in [0.4, 0.5) is 0 Å². The molecule has 1 aliphatic rings. The Kier molecular flexibility index (Phi) is 4.46. The Hall–Kier alpha value is -2.91. The van der Waals surface area contributed by atoms with Gasteiger partial charge in [-0.1, -0.05) is 60.7 Å². The van der Waals surface area contributed by atoms with Crippen molar-refractivity contribution in [1.82, 2.24) is 9.88 Å². The van der Waals surface area contributed by atoms with Crippen LogP contribution < -0.4 is 5.56 Å². The molecule has 3 heteroatoms. The fourth-order valence-electron chi connectivity index (χ4n) is 4.54. The molecule has 0 atom stereocenters. The van der Waals surface area contributed by atoms with Crippen LogP contribution in [0.3, 0.4) is 0 Å². The topological polar surface area (TPSA) is 36.1 Å². The molecule has 0 aliphatic carbocycles. The summed E-state index contributed by atoms with van der Waals surface area (Å²) in [6.45, 7) is 3.17. The Bertz CT molecular complexity index is 1170. The van der Waals surface area contributed by atoms with Crippen molar-refractivity contribution < 1.29 is 0 Å². The van der Waals surface area contributed by atoms with Gasteiger partial charge in [0.15, 0.2) is 0 Å². The van der Waals surface area contributed by atoms with Gasteiger partial charge in [0.1, 0.15) is 0 Å². The Morgan fingerprint density at radius 1 is 0.821 bits per heavy atom. The first-order valence-corrected chi connectivity index (χ1v) is 10.1. The number of pyridine rings is 1. The van der Waals surface area contributed by atoms with Crippen LogP contribution in [-0.4, -0.2) is 23.0 Å². The monoisotopic (exact) mass is 368 g/mol. The van der Waals surface area contributed by atoms with E-state index in [0.717, 1.165) is 41.3 Å². The summed E-state index contributed by atoms with van der Waals surface area (Å²) in [6, 6.07) is 25.2. The van der Waals surface area contributed by atoms with Crippen LogP contribution in [0.5, 0.6) is 0 Å². The van der Waals surface area contributed by atoms with Gasteiger partial charge in [-0.25, -0.2) is 0 Å². The molecule has 4 aromatic rings. The predicted octanol–water partition coefficient (Wildman–Crippen LogP) is 5.06. The number of aromatic nitrogens is 1. The summed E-state index contributed by atoms with van der Waals surface area (Å²) in [6.07, 6.45) is 2.41. The van der Waals surface area contributed by atoms with E-state index in [2.05, 4.69) is 58.4 Å². The number of hydrogen-bond donors (Lipinski definition) is 1. The zero-order valence-electron chi connectivity index (χ0n) is 15.9. The van der Waals surface area contributed by atoms with Crippen molar-refractivity contribution in [3.8, 4) is 0 Å². The lowest BCUT2D eigenvalue weighted by atomic mass is 9.89. The van der Waals surface area contributed by atoms with Crippen molar-refractivity contribution in [1.29, 1.82) is 0 Å². The van der Waals surface area contributed by atoms with Crippen LogP contribution in [0.2, 0.25) is 0 Å². The van der Waals surface area contributed by atoms with Gasteiger partial charge in [0.25, 0.3) is 5.56 Å². The standard InChI is InChI=1S/C25H24N2O/c28-25-23-9-5-4-8-21(23)22-11-10-18(16-24(22)26-25)17-27-14-12-20(13-15-27)19-6-2-1-3-7-19/h1-11,16,20H,12-15,17H2,(H,26,28). The maximum absolute atomic E-state index is 12.4. The molecule has 140 valence electrons. The molecule has 1 aliphatic heterocycles. The number of piperidine rings is 1. The second-order valence-corrected chi connectivity index (χ2v) is 7.84. The van der Waals surface area contributed by atoms with Gasteiger partial charge in [0.2, 0.25) is 0 Å². The van der Waals surface area contributed by atoms with Crippen LogP contribution in [0.15, 0.2) is 77.6 Å². The van der Waals surface area contributed by atoms with E-state index >= 15 is 0 Å². The van der Waals surface area contributed by atoms with Gasteiger partial charge in [0, 0.05) is 22.8 Å². The Morgan fingerprint density at radius 2 is 1.54 bits per heavy atom. The number of benzene rings is 3. The highest BCUT2D eigenvalue weighted by Crippen LogP contribution is 2.29. The van der Waals surface area contributed by atoms with Crippen molar-refractivity contribution in [2.45, 2.75) is 25.3 Å². The molecule has 1 saturated heterocycles. The highest BCUT2D eigenvalue weighted by molar-refractivity contribution is 6.05. The van der Waals surface area contributed by atoms with E-state index in [9.17, 15) is 4.79 Å². The zero-order chi connectivity index (χ0) is 18.9. The van der Waals surface area contributed by atoms with Gasteiger partial charge in [-0.15, -0.1) is 0 Å². The Morgan fingerprint density at radius 3 is 2.32 bits per heavy atom. The largest absolute Gasteiger partial charge is 0.321 e. The average Bonchev–Trinajstić information content (AvgIpc) is 2.75. The normalized spacial score (nSPS) is 16.0. The first-order valence-electron chi connectivity index (χ1n) is 10.1. The van der Waals surface area contributed by atoms with Gasteiger partial charge in [0.05, 0.1) is 0 Å². The van der Waals surface area contributed by atoms with Gasteiger partial charge < -0.3 is 4.98 Å². The smallest absolute Gasteiger partial charge is 0.256 e. The number of nitrogens with zero attached hydrogens (tertiary/aromatic N) is 1. The summed E-state index contributed by atoms with van der Waals surface area (Å²) < 4.78 is 0. The number of rotatable bonds is 3. The molecule has 1 aromatic heterocycles. The molecule has 3 aromatic carbocycles. The second-order valence-electron chi connectivity index (χ2n) is 7.84. The number of hydrogen-bond acceptors (Lipinski definition) is 2. The molecule has 0 spiro atoms. The van der Waals surface area contributed by atoms with Crippen molar-refractivity contribution >= 4 is 21.7 Å². The molecule has 0 bridgehead atoms. The van der Waals surface area contributed by atoms with Gasteiger partial charge in [-0.3, -0.25) is 9.69 Å². The quantitative estimate of drug-likeness (QED) is 0.513. The summed E-state index contributed by atoms with van der Waals surface area (Å²) in [7, 11) is 0. The first-order chi connectivity index (χ1) is 13.8. The van der Waals surface area contributed by atoms with Gasteiger partial charge >= 0.3 is 0 Å². The highest BCUT2D eigenvalue weighted by atomic mass is 16.1. The van der Waals surface area contributed by atoms with E-state index in [1.807, 2.05) is 24.3 Å². The van der Waals surface area contributed by atoms with E-state index in [0.29, 0.717) is 5.92 Å². The van der Waals surface area contributed by atoms with Crippen molar-refractivity contribution in [3.05, 3.63) is 94.3 Å². The number of nitrogens with one attached hydrogen (secondary N) is 1. The van der Waals surface area contributed by atoms with Crippen molar-refractivity contribution in [2.24, 2.45) is 0 Å². The number of aromatic amines is 1. The van der Waals surface area contributed by atoms with Crippen molar-refractivity contribution in [3.63, 3.8) is 0 Å². The van der Waals surface area contributed by atoms with E-state index in [1.54, 1.807) is 0 Å². The third-order valence-corrected chi connectivity index (χ3v) is 6.06. The molecule has 0 amide bonds. The zero-order valence-corrected chi connectivity index (χ0v) is 15.9. The van der Waals surface area contributed by atoms with Crippen LogP contribution in [0.25, 0.3) is 21.7 Å². The predicted molar refractivity (Wildman–Crippen MR) is 116 cm³/mol. The fourth-order valence-corrected chi connectivity index (χ4v) is 4.54. The molecule has 1 fully saturated rings. The molecule has 0 radical (unpaired) electrons. The maximum Gasteiger partial charge on any atom is 0.256 e. The molecular weight excluding hydrogens is 344 g/mol. The molecule has 1 N–H and O–H groups in total. The number of H-pyrrole nitrogens is 1. The fraction of sp³-hybridized carbons (Fsp3) is 0.240. The van der Waals surface area contributed by atoms with Crippen LogP contribution in [0, 0.1) is 0 Å². The molecule has 0 unspecified atom stereocenters. The van der Waals surface area contributed by atoms with Crippen LogP contribution >= 0.6 is 0 Å². The van der Waals surface area contributed by atoms with E-state index in [1.165, 1.54) is 24.0 Å². The molecule has 2 heterocycles. The minimum Gasteiger partial charge on any atom is -0.321 e. The minimum atomic E-state index is -0.0103. The summed E-state index contributed by atoms with van der Waals surface area (Å²) >= 11 is 0. The Balaban J connectivity index is 1.35. The highest BCUT2D eigenvalue weighted by Gasteiger charge is 2.20. The lowest BCUT2D eigenvalue weighted by Crippen LogP contribution is -2.32. The lowest BCUT2D eigenvalue weighted by Gasteiger charge is -2.32. The molecule has 3 nitrogen and oxygen atoms in total. The summed E-state index contributed by atoms with van der Waals surface area (Å²) in [5.74, 6) is 0.678. The number of fused-ring (bicyclic) bond motifs is 3. The molecule has 5 rings (SSSR count). The van der Waals surface area contributed by atoms with Gasteiger partial charge in [-0.05, 0) is 60.5 Å². The summed E-state index contributed by atoms with van der Waals surface area (Å²) in [5.41, 5.74) is 3.65. The second kappa shape index (κ2) is 7.25. The molecule has 0 saturated carbocycles. The summed E-state index contributed by atoms with van der Waals surface area (Å²) in [4.78, 5) is 18.0. The SMILES string of the molecule is O=c1[nH]c2cc(CN3CCC(c4ccccc4)CC3)ccc2c2ccccc12. The third-order valence-electron chi connectivity index (χ3n) is 6.06. The number of likely N-dealkylation sites (tertiary alicyclic amines) is 1. The molecule has 28 heavy (non-hydrogen) atoms. The maximum atomic E-state index is 12.4. The van der Waals surface area contributed by atoms with Crippen LogP contribution in [-0.2, 0) is 6.54 Å². The van der Waals surface area contributed by atoms with Crippen molar-refractivity contribution in [2.75, 3.05) is 13.1 Å². The van der Waals surface area contributed by atoms with E-state index in [4.69, 9.17) is 0 Å². The van der Waals surface area contributed by atoms with Crippen LogP contribution in [0.1, 0.15) is 29.9 Å². The minimum absolute atomic E-state index is 0.0103. The van der Waals surface area contributed by atoms with E-state index in [-0.39, 0.29) is 5.56 Å². The van der Waals surface area contributed by atoms with E-state index < -0.39 is 0 Å². The lowest BCUT2D eigenvalue weighted by molar-refractivity contribution is 0.204. The van der Waals surface area contributed by atoms with Gasteiger partial charge in [-0.2, -0.15) is 0 Å². The summed E-state index contributed by atoms with van der Waals surface area (Å²) in [5, 5.41) is 2.89.